The summed E-state index contributed by atoms with van der Waals surface area (Å²) in [6.07, 6.45) is 6.09. The van der Waals surface area contributed by atoms with E-state index >= 15 is 0 Å². The summed E-state index contributed by atoms with van der Waals surface area (Å²) in [5.74, 6) is -0.285. The monoisotopic (exact) mass is 186 g/mol. The molecule has 0 heterocycles. The zero-order valence-electron chi connectivity index (χ0n) is 8.16. The molecule has 3 nitrogen and oxygen atoms in total. The molecule has 0 bridgehead atoms. The minimum Gasteiger partial charge on any atom is -0.481 e. The molecule has 3 heteroatoms. The molecule has 1 aliphatic carbocycles. The van der Waals surface area contributed by atoms with Crippen molar-refractivity contribution in [3.63, 3.8) is 0 Å². The van der Waals surface area contributed by atoms with Crippen LogP contribution in [0.15, 0.2) is 0 Å². The van der Waals surface area contributed by atoms with E-state index in [0.29, 0.717) is 5.92 Å². The Hall–Kier alpha value is -0.570. The Morgan fingerprint density at radius 3 is 2.54 bits per heavy atom. The molecule has 0 aromatic heterocycles. The van der Waals surface area contributed by atoms with E-state index in [-0.39, 0.29) is 12.5 Å². The molecule has 1 atom stereocenters. The molecule has 1 rings (SSSR count). The quantitative estimate of drug-likeness (QED) is 0.731. The van der Waals surface area contributed by atoms with E-state index in [4.69, 9.17) is 9.84 Å². The summed E-state index contributed by atoms with van der Waals surface area (Å²) in [5.41, 5.74) is 0. The molecule has 76 valence electrons. The standard InChI is InChI=1S/C10H18O3/c1-13-9(7-10(11)12)8-5-3-2-4-6-8/h8-9H,2-7H2,1H3,(H,11,12). The minimum absolute atomic E-state index is 0.0715. The second-order valence-corrected chi connectivity index (χ2v) is 3.77. The lowest BCUT2D eigenvalue weighted by Crippen LogP contribution is -2.27. The van der Waals surface area contributed by atoms with E-state index in [0.717, 1.165) is 12.8 Å². The number of hydrogen-bond acceptors (Lipinski definition) is 2. The van der Waals surface area contributed by atoms with Gasteiger partial charge in [-0.2, -0.15) is 0 Å². The molecular weight excluding hydrogens is 168 g/mol. The highest BCUT2D eigenvalue weighted by Gasteiger charge is 2.25. The van der Waals surface area contributed by atoms with E-state index in [9.17, 15) is 4.79 Å². The lowest BCUT2D eigenvalue weighted by molar-refractivity contribution is -0.141. The minimum atomic E-state index is -0.752. The molecule has 1 saturated carbocycles. The normalized spacial score (nSPS) is 21.3. The van der Waals surface area contributed by atoms with Crippen LogP contribution in [0.3, 0.4) is 0 Å². The van der Waals surface area contributed by atoms with Gasteiger partial charge in [0.05, 0.1) is 12.5 Å². The molecule has 0 aliphatic heterocycles. The van der Waals surface area contributed by atoms with Crippen molar-refractivity contribution in [1.82, 2.24) is 0 Å². The van der Waals surface area contributed by atoms with Crippen LogP contribution in [0.4, 0.5) is 0 Å². The topological polar surface area (TPSA) is 46.5 Å². The van der Waals surface area contributed by atoms with Crippen molar-refractivity contribution in [2.45, 2.75) is 44.6 Å². The summed E-state index contributed by atoms with van der Waals surface area (Å²) in [4.78, 5) is 10.5. The number of ether oxygens (including phenoxy) is 1. The van der Waals surface area contributed by atoms with E-state index < -0.39 is 5.97 Å². The fourth-order valence-corrected chi connectivity index (χ4v) is 2.12. The predicted molar refractivity (Wildman–Crippen MR) is 49.6 cm³/mol. The average Bonchev–Trinajstić information content (AvgIpc) is 2.15. The number of carboxylic acid groups (broad SMARTS) is 1. The van der Waals surface area contributed by atoms with Crippen molar-refractivity contribution in [3.8, 4) is 0 Å². The van der Waals surface area contributed by atoms with Gasteiger partial charge in [0.2, 0.25) is 0 Å². The highest BCUT2D eigenvalue weighted by atomic mass is 16.5. The molecule has 0 saturated heterocycles. The third kappa shape index (κ3) is 3.35. The van der Waals surface area contributed by atoms with Crippen LogP contribution in [-0.2, 0) is 9.53 Å². The van der Waals surface area contributed by atoms with Crippen LogP contribution in [0.5, 0.6) is 0 Å². The molecule has 1 N–H and O–H groups in total. The van der Waals surface area contributed by atoms with Gasteiger partial charge in [-0.1, -0.05) is 19.3 Å². The maximum atomic E-state index is 10.5. The van der Waals surface area contributed by atoms with Crippen molar-refractivity contribution in [2.24, 2.45) is 5.92 Å². The Kier molecular flexibility index (Phi) is 4.22. The van der Waals surface area contributed by atoms with Crippen molar-refractivity contribution in [2.75, 3.05) is 7.11 Å². The molecule has 0 aromatic rings. The van der Waals surface area contributed by atoms with Crippen LogP contribution in [-0.4, -0.2) is 24.3 Å². The van der Waals surface area contributed by atoms with Crippen molar-refractivity contribution in [3.05, 3.63) is 0 Å². The molecule has 1 unspecified atom stereocenters. The number of methoxy groups -OCH3 is 1. The largest absolute Gasteiger partial charge is 0.481 e. The summed E-state index contributed by atoms with van der Waals surface area (Å²) in [5, 5.41) is 8.67. The fourth-order valence-electron chi connectivity index (χ4n) is 2.12. The first-order valence-corrected chi connectivity index (χ1v) is 4.98. The van der Waals surface area contributed by atoms with Crippen LogP contribution in [0.25, 0.3) is 0 Å². The van der Waals surface area contributed by atoms with Crippen LogP contribution < -0.4 is 0 Å². The van der Waals surface area contributed by atoms with Gasteiger partial charge in [0.15, 0.2) is 0 Å². The smallest absolute Gasteiger partial charge is 0.305 e. The number of rotatable bonds is 4. The van der Waals surface area contributed by atoms with E-state index in [2.05, 4.69) is 0 Å². The second kappa shape index (κ2) is 5.22. The van der Waals surface area contributed by atoms with Gasteiger partial charge in [0.25, 0.3) is 0 Å². The fraction of sp³-hybridized carbons (Fsp3) is 0.900. The van der Waals surface area contributed by atoms with Gasteiger partial charge >= 0.3 is 5.97 Å². The Morgan fingerprint density at radius 2 is 2.08 bits per heavy atom. The van der Waals surface area contributed by atoms with E-state index in [1.165, 1.54) is 19.3 Å². The van der Waals surface area contributed by atoms with E-state index in [1.54, 1.807) is 7.11 Å². The zero-order chi connectivity index (χ0) is 9.68. The number of hydrogen-bond donors (Lipinski definition) is 1. The first-order chi connectivity index (χ1) is 6.24. The predicted octanol–water partition coefficient (Wildman–Crippen LogP) is 2.06. The maximum absolute atomic E-state index is 10.5. The third-order valence-corrected chi connectivity index (χ3v) is 2.85. The Labute approximate surface area is 79.1 Å². The summed E-state index contributed by atoms with van der Waals surface area (Å²) in [6, 6.07) is 0. The van der Waals surface area contributed by atoms with Crippen LogP contribution in [0.1, 0.15) is 38.5 Å². The molecule has 13 heavy (non-hydrogen) atoms. The number of carboxylic acids is 1. The summed E-state index contributed by atoms with van der Waals surface area (Å²) in [7, 11) is 1.61. The van der Waals surface area contributed by atoms with Gasteiger partial charge in [0.1, 0.15) is 0 Å². The average molecular weight is 186 g/mol. The zero-order valence-corrected chi connectivity index (χ0v) is 8.16. The van der Waals surface area contributed by atoms with Gasteiger partial charge in [-0.05, 0) is 18.8 Å². The highest BCUT2D eigenvalue weighted by molar-refractivity contribution is 5.67. The van der Waals surface area contributed by atoms with E-state index in [1.807, 2.05) is 0 Å². The maximum Gasteiger partial charge on any atom is 0.305 e. The first-order valence-electron chi connectivity index (χ1n) is 4.98. The third-order valence-electron chi connectivity index (χ3n) is 2.85. The van der Waals surface area contributed by atoms with Crippen LogP contribution in [0, 0.1) is 5.92 Å². The molecule has 0 radical (unpaired) electrons. The van der Waals surface area contributed by atoms with Crippen LogP contribution in [0.2, 0.25) is 0 Å². The van der Waals surface area contributed by atoms with Gasteiger partial charge in [-0.25, -0.2) is 0 Å². The van der Waals surface area contributed by atoms with Crippen molar-refractivity contribution >= 4 is 5.97 Å². The summed E-state index contributed by atoms with van der Waals surface area (Å²) < 4.78 is 5.22. The summed E-state index contributed by atoms with van der Waals surface area (Å²) >= 11 is 0. The number of aliphatic carboxylic acids is 1. The Balaban J connectivity index is 2.39. The Bertz CT molecular complexity index is 162. The highest BCUT2D eigenvalue weighted by Crippen LogP contribution is 2.29. The van der Waals surface area contributed by atoms with Gasteiger partial charge < -0.3 is 9.84 Å². The Morgan fingerprint density at radius 1 is 1.46 bits per heavy atom. The van der Waals surface area contributed by atoms with Crippen LogP contribution >= 0.6 is 0 Å². The molecule has 1 fully saturated rings. The summed E-state index contributed by atoms with van der Waals surface area (Å²) in [6.45, 7) is 0. The van der Waals surface area contributed by atoms with Gasteiger partial charge in [-0.3, -0.25) is 4.79 Å². The molecule has 1 aliphatic rings. The van der Waals surface area contributed by atoms with Gasteiger partial charge in [0, 0.05) is 7.11 Å². The first kappa shape index (κ1) is 10.5. The molecule has 0 spiro atoms. The van der Waals surface area contributed by atoms with Crippen molar-refractivity contribution in [1.29, 1.82) is 0 Å². The van der Waals surface area contributed by atoms with Crippen molar-refractivity contribution < 1.29 is 14.6 Å². The second-order valence-electron chi connectivity index (χ2n) is 3.77. The lowest BCUT2D eigenvalue weighted by Gasteiger charge is -2.28. The SMILES string of the molecule is COC(CC(=O)O)C1CCCCC1. The molecule has 0 amide bonds. The molecule has 0 aromatic carbocycles. The number of carbonyl (C=O) groups is 1. The van der Waals surface area contributed by atoms with Gasteiger partial charge in [-0.15, -0.1) is 0 Å². The molecular formula is C10H18O3. The lowest BCUT2D eigenvalue weighted by atomic mass is 9.84.